The Morgan fingerprint density at radius 2 is 2.07 bits per heavy atom. The molecule has 0 spiro atoms. The highest BCUT2D eigenvalue weighted by Crippen LogP contribution is 2.15. The maximum Gasteiger partial charge on any atom is 0.187 e. The topological polar surface area (TPSA) is 132 Å². The first kappa shape index (κ1) is 23.4. The van der Waals surface area contributed by atoms with Gasteiger partial charge in [0, 0.05) is 18.2 Å². The number of hydrogen-bond acceptors (Lipinski definition) is 8. The van der Waals surface area contributed by atoms with Crippen molar-refractivity contribution in [2.24, 2.45) is 21.5 Å². The lowest BCUT2D eigenvalue weighted by Gasteiger charge is -2.10. The van der Waals surface area contributed by atoms with Crippen LogP contribution in [0.3, 0.4) is 0 Å². The maximum absolute atomic E-state index is 13.8. The number of nitrogens with two attached hydrogens (primary N) is 2. The van der Waals surface area contributed by atoms with Crippen molar-refractivity contribution in [1.29, 1.82) is 0 Å². The lowest BCUT2D eigenvalue weighted by Crippen LogP contribution is -2.15. The van der Waals surface area contributed by atoms with E-state index < -0.39 is 0 Å². The quantitative estimate of drug-likeness (QED) is 0.437. The Kier molecular flexibility index (Phi) is 10.3. The molecule has 0 saturated carbocycles. The number of benzene rings is 1. The molecule has 0 aliphatic rings. The average molecular weight is 400 g/mol. The summed E-state index contributed by atoms with van der Waals surface area (Å²) >= 11 is 0. The molecule has 0 amide bonds. The van der Waals surface area contributed by atoms with E-state index in [0.717, 1.165) is 6.21 Å². The van der Waals surface area contributed by atoms with E-state index >= 15 is 0 Å². The number of hydrogen-bond donors (Lipinski definition) is 3. The minimum Gasteiger partial charge on any atom is -0.396 e. The van der Waals surface area contributed by atoms with Gasteiger partial charge in [-0.25, -0.2) is 14.4 Å². The zero-order valence-electron chi connectivity index (χ0n) is 16.4. The van der Waals surface area contributed by atoms with Crippen LogP contribution in [0.15, 0.2) is 68.7 Å². The SMILES string of the molecule is C=NC(/N=C\C(=O)CN)=C(N)/C=C(\NCc1ccccc1F)c1ccon1.CC. The molecule has 8 nitrogen and oxygen atoms in total. The van der Waals surface area contributed by atoms with E-state index in [4.69, 9.17) is 16.0 Å². The molecule has 154 valence electrons. The van der Waals surface area contributed by atoms with Crippen LogP contribution in [0, 0.1) is 5.82 Å². The van der Waals surface area contributed by atoms with Crippen LogP contribution in [0.25, 0.3) is 5.70 Å². The summed E-state index contributed by atoms with van der Waals surface area (Å²) in [5.41, 5.74) is 12.7. The number of rotatable bonds is 9. The van der Waals surface area contributed by atoms with E-state index in [-0.39, 0.29) is 36.2 Å². The van der Waals surface area contributed by atoms with Crippen molar-refractivity contribution in [2.75, 3.05) is 6.54 Å². The van der Waals surface area contributed by atoms with Crippen molar-refractivity contribution < 1.29 is 13.7 Å². The molecule has 1 aromatic carbocycles. The summed E-state index contributed by atoms with van der Waals surface area (Å²) in [6.07, 6.45) is 3.90. The van der Waals surface area contributed by atoms with Crippen LogP contribution in [0.4, 0.5) is 4.39 Å². The van der Waals surface area contributed by atoms with E-state index in [1.165, 1.54) is 18.4 Å². The number of nitrogens with one attached hydrogen (secondary N) is 1. The summed E-state index contributed by atoms with van der Waals surface area (Å²) in [5.74, 6) is -0.695. The lowest BCUT2D eigenvalue weighted by molar-refractivity contribution is -0.111. The minimum atomic E-state index is -0.387. The average Bonchev–Trinajstić information content (AvgIpc) is 3.28. The van der Waals surface area contributed by atoms with E-state index in [9.17, 15) is 9.18 Å². The van der Waals surface area contributed by atoms with Gasteiger partial charge >= 0.3 is 0 Å². The van der Waals surface area contributed by atoms with Crippen LogP contribution >= 0.6 is 0 Å². The predicted molar refractivity (Wildman–Crippen MR) is 112 cm³/mol. The van der Waals surface area contributed by atoms with E-state index in [0.29, 0.717) is 17.0 Å². The molecule has 0 aliphatic heterocycles. The molecule has 1 heterocycles. The van der Waals surface area contributed by atoms with Gasteiger partial charge in [0.05, 0.1) is 24.2 Å². The summed E-state index contributed by atoms with van der Waals surface area (Å²) in [4.78, 5) is 18.8. The van der Waals surface area contributed by atoms with Crippen LogP contribution in [0.1, 0.15) is 25.1 Å². The molecular weight excluding hydrogens is 375 g/mol. The van der Waals surface area contributed by atoms with Crippen LogP contribution in [-0.2, 0) is 11.3 Å². The summed E-state index contributed by atoms with van der Waals surface area (Å²) in [7, 11) is 0. The Labute approximate surface area is 168 Å². The molecule has 1 aromatic heterocycles. The summed E-state index contributed by atoms with van der Waals surface area (Å²) in [6, 6.07) is 7.97. The van der Waals surface area contributed by atoms with Gasteiger partial charge in [-0.3, -0.25) is 4.79 Å². The molecule has 0 saturated heterocycles. The Morgan fingerprint density at radius 3 is 2.66 bits per heavy atom. The summed E-state index contributed by atoms with van der Waals surface area (Å²) in [5, 5.41) is 6.89. The zero-order valence-corrected chi connectivity index (χ0v) is 16.4. The van der Waals surface area contributed by atoms with Crippen LogP contribution < -0.4 is 16.8 Å². The fourth-order valence-electron chi connectivity index (χ4n) is 2.01. The number of carbonyl (C=O) groups excluding carboxylic acids is 1. The maximum atomic E-state index is 13.8. The molecule has 0 unspecified atom stereocenters. The predicted octanol–water partition coefficient (Wildman–Crippen LogP) is 2.40. The number of aromatic nitrogens is 1. The molecule has 2 aromatic rings. The van der Waals surface area contributed by atoms with E-state index in [1.54, 1.807) is 24.3 Å². The van der Waals surface area contributed by atoms with E-state index in [1.807, 2.05) is 13.8 Å². The van der Waals surface area contributed by atoms with Gasteiger partial charge in [0.15, 0.2) is 11.6 Å². The van der Waals surface area contributed by atoms with E-state index in [2.05, 4.69) is 27.2 Å². The molecular formula is C20H25FN6O2. The Morgan fingerprint density at radius 1 is 1.34 bits per heavy atom. The van der Waals surface area contributed by atoms with Crippen LogP contribution in [-0.4, -0.2) is 30.4 Å². The Hall–Kier alpha value is -3.59. The normalized spacial score (nSPS) is 12.1. The lowest BCUT2D eigenvalue weighted by atomic mass is 10.2. The fraction of sp³-hybridized carbons (Fsp3) is 0.200. The number of nitrogens with zero attached hydrogens (tertiary/aromatic N) is 3. The first-order chi connectivity index (χ1) is 14.0. The van der Waals surface area contributed by atoms with Gasteiger partial charge in [-0.1, -0.05) is 37.2 Å². The van der Waals surface area contributed by atoms with Gasteiger partial charge in [0.2, 0.25) is 0 Å². The molecule has 0 radical (unpaired) electrons. The summed E-state index contributed by atoms with van der Waals surface area (Å²) in [6.45, 7) is 7.39. The number of halogens is 1. The summed E-state index contributed by atoms with van der Waals surface area (Å²) < 4.78 is 18.7. The first-order valence-electron chi connectivity index (χ1n) is 8.88. The van der Waals surface area contributed by atoms with Gasteiger partial charge in [0.1, 0.15) is 17.8 Å². The monoisotopic (exact) mass is 400 g/mol. The third-order valence-electron chi connectivity index (χ3n) is 3.38. The van der Waals surface area contributed by atoms with Crippen LogP contribution in [0.5, 0.6) is 0 Å². The molecule has 5 N–H and O–H groups in total. The highest BCUT2D eigenvalue weighted by Gasteiger charge is 2.09. The van der Waals surface area contributed by atoms with Gasteiger partial charge < -0.3 is 21.3 Å². The smallest absolute Gasteiger partial charge is 0.187 e. The third kappa shape index (κ3) is 7.51. The van der Waals surface area contributed by atoms with Crippen molar-refractivity contribution in [3.05, 3.63) is 71.3 Å². The molecule has 9 heteroatoms. The number of aliphatic imine (C=N–C) groups is 2. The Bertz CT molecular complexity index is 888. The highest BCUT2D eigenvalue weighted by molar-refractivity contribution is 6.28. The number of carbonyl (C=O) groups is 1. The molecule has 0 fully saturated rings. The number of Topliss-reactive ketones (excluding diaryl/α,β-unsaturated/α-hetero) is 1. The standard InChI is InChI=1S/C18H19FN6O2.C2H6/c1-22-18(24-11-13(26)9-20)15(21)8-17(16-6-7-27-25-16)23-10-12-4-2-3-5-14(12)19;1-2/h2-8,11,23H,1,9-10,20-21H2;1-2H3/b17-8-,18-15+,24-11-;. The fourth-order valence-corrected chi connectivity index (χ4v) is 2.01. The Balaban J connectivity index is 0.00000204. The van der Waals surface area contributed by atoms with Crippen molar-refractivity contribution >= 4 is 24.4 Å². The molecule has 29 heavy (non-hydrogen) atoms. The largest absolute Gasteiger partial charge is 0.396 e. The van der Waals surface area contributed by atoms with Crippen molar-refractivity contribution in [1.82, 2.24) is 10.5 Å². The minimum absolute atomic E-state index is 0.0329. The second-order valence-corrected chi connectivity index (χ2v) is 5.25. The van der Waals surface area contributed by atoms with Crippen LogP contribution in [0.2, 0.25) is 0 Å². The molecule has 0 aliphatic carbocycles. The second kappa shape index (κ2) is 12.7. The number of allylic oxidation sites excluding steroid dienone is 1. The van der Waals surface area contributed by atoms with Gasteiger partial charge in [0.25, 0.3) is 0 Å². The van der Waals surface area contributed by atoms with Gasteiger partial charge in [-0.15, -0.1) is 0 Å². The first-order valence-corrected chi connectivity index (χ1v) is 8.88. The van der Waals surface area contributed by atoms with Gasteiger partial charge in [-0.05, 0) is 18.9 Å². The zero-order chi connectivity index (χ0) is 21.6. The van der Waals surface area contributed by atoms with Crippen molar-refractivity contribution in [3.63, 3.8) is 0 Å². The third-order valence-corrected chi connectivity index (χ3v) is 3.38. The van der Waals surface area contributed by atoms with Crippen molar-refractivity contribution in [3.8, 4) is 0 Å². The van der Waals surface area contributed by atoms with Crippen molar-refractivity contribution in [2.45, 2.75) is 20.4 Å². The molecule has 2 rings (SSSR count). The van der Waals surface area contributed by atoms with Gasteiger partial charge in [-0.2, -0.15) is 0 Å². The molecule has 0 bridgehead atoms. The highest BCUT2D eigenvalue weighted by atomic mass is 19.1. The number of ketones is 1. The second-order valence-electron chi connectivity index (χ2n) is 5.25. The molecule has 0 atom stereocenters.